The lowest BCUT2D eigenvalue weighted by Gasteiger charge is -2.08. The molecule has 0 aliphatic heterocycles. The van der Waals surface area contributed by atoms with Crippen molar-refractivity contribution in [3.63, 3.8) is 0 Å². The van der Waals surface area contributed by atoms with Crippen LogP contribution in [0, 0.1) is 17.0 Å². The van der Waals surface area contributed by atoms with Crippen LogP contribution in [0.5, 0.6) is 11.5 Å². The van der Waals surface area contributed by atoms with Gasteiger partial charge in [-0.3, -0.25) is 10.1 Å². The van der Waals surface area contributed by atoms with Crippen molar-refractivity contribution in [2.75, 3.05) is 0 Å². The van der Waals surface area contributed by atoms with Gasteiger partial charge in [-0.1, -0.05) is 18.2 Å². The minimum atomic E-state index is -0.461. The summed E-state index contributed by atoms with van der Waals surface area (Å²) in [6.07, 6.45) is 0. The zero-order valence-corrected chi connectivity index (χ0v) is 11.2. The average molecular weight is 308 g/mol. The maximum Gasteiger partial charge on any atom is 0.311 e. The van der Waals surface area contributed by atoms with Gasteiger partial charge in [0, 0.05) is 6.07 Å². The Balaban J connectivity index is 2.37. The fraction of sp³-hybridized carbons (Fsp3) is 0.0769. The van der Waals surface area contributed by atoms with Crippen LogP contribution in [0.2, 0.25) is 0 Å². The quantitative estimate of drug-likeness (QED) is 0.621. The normalized spacial score (nSPS) is 10.1. The smallest absolute Gasteiger partial charge is 0.311 e. The second kappa shape index (κ2) is 5.18. The number of hydrogen-bond donors (Lipinski definition) is 0. The second-order valence-electron chi connectivity index (χ2n) is 3.76. The Morgan fingerprint density at radius 3 is 2.56 bits per heavy atom. The lowest BCUT2D eigenvalue weighted by Crippen LogP contribution is -1.93. The van der Waals surface area contributed by atoms with Crippen molar-refractivity contribution in [1.29, 1.82) is 0 Å². The third-order valence-corrected chi connectivity index (χ3v) is 2.99. The number of hydrogen-bond acceptors (Lipinski definition) is 3. The average Bonchev–Trinajstić information content (AvgIpc) is 2.33. The van der Waals surface area contributed by atoms with Gasteiger partial charge in [-0.25, -0.2) is 0 Å². The molecule has 0 unspecified atom stereocenters. The van der Waals surface area contributed by atoms with E-state index in [1.54, 1.807) is 24.3 Å². The number of aryl methyl sites for hydroxylation is 1. The van der Waals surface area contributed by atoms with Crippen LogP contribution in [0.1, 0.15) is 5.56 Å². The van der Waals surface area contributed by atoms with Crippen molar-refractivity contribution >= 4 is 21.6 Å². The molecule has 5 heteroatoms. The zero-order valence-electron chi connectivity index (χ0n) is 9.59. The van der Waals surface area contributed by atoms with Crippen molar-refractivity contribution in [1.82, 2.24) is 0 Å². The molecule has 2 aromatic rings. The summed E-state index contributed by atoms with van der Waals surface area (Å²) in [6.45, 7) is 1.96. The molecule has 0 atom stereocenters. The molecular weight excluding hydrogens is 298 g/mol. The number of rotatable bonds is 3. The molecule has 0 spiro atoms. The van der Waals surface area contributed by atoms with Gasteiger partial charge in [0.15, 0.2) is 0 Å². The standard InChI is InChI=1S/C13H10BrNO3/c1-9-6-7-12(10(14)8-9)18-13-5-3-2-4-11(13)15(16)17/h2-8H,1H3. The van der Waals surface area contributed by atoms with Gasteiger partial charge in [-0.2, -0.15) is 0 Å². The highest BCUT2D eigenvalue weighted by Crippen LogP contribution is 2.34. The number of nitro groups is 1. The molecule has 0 bridgehead atoms. The van der Waals surface area contributed by atoms with Crippen molar-refractivity contribution in [2.45, 2.75) is 6.92 Å². The summed E-state index contributed by atoms with van der Waals surface area (Å²) in [4.78, 5) is 10.4. The molecule has 0 saturated carbocycles. The summed E-state index contributed by atoms with van der Waals surface area (Å²) in [5, 5.41) is 10.9. The molecule has 2 rings (SSSR count). The maximum absolute atomic E-state index is 10.9. The van der Waals surface area contributed by atoms with E-state index in [0.29, 0.717) is 5.75 Å². The predicted octanol–water partition coefficient (Wildman–Crippen LogP) is 4.46. The summed E-state index contributed by atoms with van der Waals surface area (Å²) >= 11 is 3.37. The largest absolute Gasteiger partial charge is 0.449 e. The van der Waals surface area contributed by atoms with Crippen LogP contribution in [0.4, 0.5) is 5.69 Å². The summed E-state index contributed by atoms with van der Waals surface area (Å²) < 4.78 is 6.33. The first kappa shape index (κ1) is 12.6. The van der Waals surface area contributed by atoms with Gasteiger partial charge < -0.3 is 4.74 Å². The number of nitrogens with zero attached hydrogens (tertiary/aromatic N) is 1. The molecule has 0 heterocycles. The molecule has 0 aromatic heterocycles. The zero-order chi connectivity index (χ0) is 13.1. The Kier molecular flexibility index (Phi) is 3.62. The van der Waals surface area contributed by atoms with E-state index in [0.717, 1.165) is 10.0 Å². The first-order valence-electron chi connectivity index (χ1n) is 5.25. The van der Waals surface area contributed by atoms with Crippen LogP contribution in [0.25, 0.3) is 0 Å². The van der Waals surface area contributed by atoms with Gasteiger partial charge in [0.2, 0.25) is 5.75 Å². The molecule has 0 amide bonds. The number of ether oxygens (including phenoxy) is 1. The number of para-hydroxylation sites is 2. The van der Waals surface area contributed by atoms with E-state index >= 15 is 0 Å². The molecule has 0 radical (unpaired) electrons. The lowest BCUT2D eigenvalue weighted by molar-refractivity contribution is -0.385. The minimum Gasteiger partial charge on any atom is -0.449 e. The van der Waals surface area contributed by atoms with Gasteiger partial charge in [0.25, 0.3) is 0 Å². The molecule has 0 N–H and O–H groups in total. The fourth-order valence-electron chi connectivity index (χ4n) is 1.50. The van der Waals surface area contributed by atoms with Gasteiger partial charge in [-0.15, -0.1) is 0 Å². The second-order valence-corrected chi connectivity index (χ2v) is 4.62. The van der Waals surface area contributed by atoms with Gasteiger partial charge >= 0.3 is 5.69 Å². The molecule has 92 valence electrons. The molecule has 2 aromatic carbocycles. The van der Waals surface area contributed by atoms with E-state index in [4.69, 9.17) is 4.74 Å². The highest BCUT2D eigenvalue weighted by Gasteiger charge is 2.15. The topological polar surface area (TPSA) is 52.4 Å². The highest BCUT2D eigenvalue weighted by molar-refractivity contribution is 9.10. The molecule has 18 heavy (non-hydrogen) atoms. The van der Waals surface area contributed by atoms with E-state index in [1.165, 1.54) is 6.07 Å². The minimum absolute atomic E-state index is 0.0509. The Morgan fingerprint density at radius 2 is 1.89 bits per heavy atom. The van der Waals surface area contributed by atoms with Gasteiger partial charge in [-0.05, 0) is 46.6 Å². The van der Waals surface area contributed by atoms with Crippen molar-refractivity contribution in [3.05, 3.63) is 62.6 Å². The summed E-state index contributed by atoms with van der Waals surface area (Å²) in [7, 11) is 0. The molecule has 0 aliphatic rings. The molecular formula is C13H10BrNO3. The van der Waals surface area contributed by atoms with Crippen LogP contribution in [0.3, 0.4) is 0 Å². The Labute approximate surface area is 112 Å². The van der Waals surface area contributed by atoms with Crippen LogP contribution in [-0.4, -0.2) is 4.92 Å². The number of nitro benzene ring substituents is 1. The van der Waals surface area contributed by atoms with E-state index < -0.39 is 4.92 Å². The van der Waals surface area contributed by atoms with Gasteiger partial charge in [0.05, 0.1) is 9.40 Å². The number of benzene rings is 2. The Bertz CT molecular complexity index is 599. The SMILES string of the molecule is Cc1ccc(Oc2ccccc2[N+](=O)[O-])c(Br)c1. The third-order valence-electron chi connectivity index (χ3n) is 2.37. The molecule has 0 fully saturated rings. The third kappa shape index (κ3) is 2.68. The predicted molar refractivity (Wildman–Crippen MR) is 72.0 cm³/mol. The Morgan fingerprint density at radius 1 is 1.17 bits per heavy atom. The Hall–Kier alpha value is -1.88. The number of halogens is 1. The van der Waals surface area contributed by atoms with Crippen LogP contribution in [0.15, 0.2) is 46.9 Å². The van der Waals surface area contributed by atoms with Gasteiger partial charge in [0.1, 0.15) is 5.75 Å². The van der Waals surface area contributed by atoms with Crippen molar-refractivity contribution < 1.29 is 9.66 Å². The monoisotopic (exact) mass is 307 g/mol. The van der Waals surface area contributed by atoms with E-state index in [1.807, 2.05) is 19.1 Å². The first-order valence-corrected chi connectivity index (χ1v) is 6.04. The van der Waals surface area contributed by atoms with E-state index in [9.17, 15) is 10.1 Å². The van der Waals surface area contributed by atoms with Crippen LogP contribution in [-0.2, 0) is 0 Å². The summed E-state index contributed by atoms with van der Waals surface area (Å²) in [5.74, 6) is 0.780. The highest BCUT2D eigenvalue weighted by atomic mass is 79.9. The molecule has 0 aliphatic carbocycles. The van der Waals surface area contributed by atoms with E-state index in [-0.39, 0.29) is 11.4 Å². The lowest BCUT2D eigenvalue weighted by atomic mass is 10.2. The van der Waals surface area contributed by atoms with Crippen molar-refractivity contribution in [2.24, 2.45) is 0 Å². The first-order chi connectivity index (χ1) is 8.58. The molecule has 0 saturated heterocycles. The maximum atomic E-state index is 10.9. The van der Waals surface area contributed by atoms with Crippen LogP contribution >= 0.6 is 15.9 Å². The fourth-order valence-corrected chi connectivity index (χ4v) is 2.08. The van der Waals surface area contributed by atoms with Crippen LogP contribution < -0.4 is 4.74 Å². The summed E-state index contributed by atoms with van der Waals surface area (Å²) in [5.41, 5.74) is 1.03. The van der Waals surface area contributed by atoms with Crippen molar-refractivity contribution in [3.8, 4) is 11.5 Å². The molecule has 4 nitrogen and oxygen atoms in total. The summed E-state index contributed by atoms with van der Waals surface area (Å²) in [6, 6.07) is 11.8. The van der Waals surface area contributed by atoms with E-state index in [2.05, 4.69) is 15.9 Å².